The van der Waals surface area contributed by atoms with Crippen LogP contribution in [0.3, 0.4) is 0 Å². The molecule has 3 aromatic heterocycles. The molecule has 0 fully saturated rings. The van der Waals surface area contributed by atoms with E-state index in [2.05, 4.69) is 20.1 Å². The lowest BCUT2D eigenvalue weighted by Gasteiger charge is -2.18. The number of H-pyrrole nitrogens is 1. The zero-order valence-corrected chi connectivity index (χ0v) is 15.0. The third-order valence-electron chi connectivity index (χ3n) is 4.38. The molecule has 0 bridgehead atoms. The van der Waals surface area contributed by atoms with Gasteiger partial charge in [-0.1, -0.05) is 5.16 Å². The molecular formula is C18H21N5O2. The molecule has 7 heteroatoms. The average Bonchev–Trinajstić information content (AvgIpc) is 2.91. The molecule has 3 aromatic rings. The molecule has 0 amide bonds. The van der Waals surface area contributed by atoms with Crippen LogP contribution in [0.15, 0.2) is 27.6 Å². The van der Waals surface area contributed by atoms with Crippen LogP contribution in [0.4, 0.5) is 5.82 Å². The van der Waals surface area contributed by atoms with Crippen molar-refractivity contribution >= 4 is 5.82 Å². The van der Waals surface area contributed by atoms with Crippen LogP contribution in [0, 0.1) is 27.7 Å². The Morgan fingerprint density at radius 3 is 2.48 bits per heavy atom. The number of aryl methyl sites for hydroxylation is 3. The molecule has 0 saturated carbocycles. The first-order chi connectivity index (χ1) is 11.9. The summed E-state index contributed by atoms with van der Waals surface area (Å²) in [5.41, 5.74) is 3.95. The molecule has 0 unspecified atom stereocenters. The average molecular weight is 339 g/mol. The normalized spacial score (nSPS) is 10.9. The number of pyridine rings is 1. The highest BCUT2D eigenvalue weighted by Gasteiger charge is 2.13. The summed E-state index contributed by atoms with van der Waals surface area (Å²) < 4.78 is 5.20. The quantitative estimate of drug-likeness (QED) is 0.786. The van der Waals surface area contributed by atoms with E-state index in [-0.39, 0.29) is 5.56 Å². The third-order valence-corrected chi connectivity index (χ3v) is 4.38. The number of nitrogens with zero attached hydrogens (tertiary/aromatic N) is 4. The van der Waals surface area contributed by atoms with Crippen molar-refractivity contribution in [2.45, 2.75) is 34.2 Å². The summed E-state index contributed by atoms with van der Waals surface area (Å²) >= 11 is 0. The molecule has 0 aliphatic heterocycles. The van der Waals surface area contributed by atoms with E-state index < -0.39 is 0 Å². The Bertz CT molecular complexity index is 937. The van der Waals surface area contributed by atoms with E-state index in [1.54, 1.807) is 13.1 Å². The molecule has 25 heavy (non-hydrogen) atoms. The van der Waals surface area contributed by atoms with Gasteiger partial charge in [0, 0.05) is 42.2 Å². The van der Waals surface area contributed by atoms with Gasteiger partial charge in [0.25, 0.3) is 5.56 Å². The molecule has 3 heterocycles. The van der Waals surface area contributed by atoms with Crippen LogP contribution in [0.5, 0.6) is 0 Å². The minimum atomic E-state index is -0.123. The summed E-state index contributed by atoms with van der Waals surface area (Å²) in [6, 6.07) is 3.81. The molecule has 0 atom stereocenters. The lowest BCUT2D eigenvalue weighted by molar-refractivity contribution is 0.392. The van der Waals surface area contributed by atoms with Gasteiger partial charge >= 0.3 is 0 Å². The van der Waals surface area contributed by atoms with Crippen molar-refractivity contribution in [3.05, 3.63) is 57.0 Å². The van der Waals surface area contributed by atoms with Gasteiger partial charge in [0.2, 0.25) is 0 Å². The van der Waals surface area contributed by atoms with Gasteiger partial charge in [-0.2, -0.15) is 0 Å². The predicted molar refractivity (Wildman–Crippen MR) is 95.6 cm³/mol. The first-order valence-electron chi connectivity index (χ1n) is 8.03. The highest BCUT2D eigenvalue weighted by Crippen LogP contribution is 2.20. The van der Waals surface area contributed by atoms with Crippen molar-refractivity contribution < 1.29 is 4.52 Å². The fraction of sp³-hybridized carbons (Fsp3) is 0.333. The summed E-state index contributed by atoms with van der Waals surface area (Å²) in [5.74, 6) is 2.16. The van der Waals surface area contributed by atoms with E-state index in [0.717, 1.165) is 34.1 Å². The highest BCUT2D eigenvalue weighted by atomic mass is 16.5. The Hall–Kier alpha value is -2.96. The second kappa shape index (κ2) is 6.51. The van der Waals surface area contributed by atoms with Crippen molar-refractivity contribution in [2.24, 2.45) is 0 Å². The third kappa shape index (κ3) is 3.31. The lowest BCUT2D eigenvalue weighted by atomic mass is 10.2. The summed E-state index contributed by atoms with van der Waals surface area (Å²) in [7, 11) is 1.96. The molecule has 0 aliphatic carbocycles. The monoisotopic (exact) mass is 339 g/mol. The fourth-order valence-electron chi connectivity index (χ4n) is 2.58. The number of hydrogen-bond donors (Lipinski definition) is 1. The number of nitrogens with one attached hydrogen (secondary N) is 1. The van der Waals surface area contributed by atoms with Gasteiger partial charge in [-0.3, -0.25) is 4.79 Å². The van der Waals surface area contributed by atoms with Crippen molar-refractivity contribution in [2.75, 3.05) is 11.9 Å². The molecule has 1 N–H and O–H groups in total. The van der Waals surface area contributed by atoms with Crippen molar-refractivity contribution in [3.63, 3.8) is 0 Å². The van der Waals surface area contributed by atoms with Gasteiger partial charge in [0.15, 0.2) is 0 Å². The van der Waals surface area contributed by atoms with Crippen molar-refractivity contribution in [3.8, 4) is 11.4 Å². The maximum absolute atomic E-state index is 11.9. The Kier molecular flexibility index (Phi) is 4.39. The standard InChI is InChI=1S/C18H21N5O2/c1-10-11(2)20-17(21-18(10)24)14-6-7-16(19-8-14)23(5)9-15-12(3)22-25-13(15)4/h6-8H,9H2,1-5H3,(H,20,21,24). The summed E-state index contributed by atoms with van der Waals surface area (Å²) in [4.78, 5) is 25.6. The zero-order valence-electron chi connectivity index (χ0n) is 15.0. The van der Waals surface area contributed by atoms with E-state index in [9.17, 15) is 4.79 Å². The molecule has 0 saturated heterocycles. The van der Waals surface area contributed by atoms with E-state index in [0.29, 0.717) is 17.9 Å². The van der Waals surface area contributed by atoms with Crippen LogP contribution in [0.1, 0.15) is 28.3 Å². The Morgan fingerprint density at radius 1 is 1.16 bits per heavy atom. The van der Waals surface area contributed by atoms with Gasteiger partial charge in [0.1, 0.15) is 17.4 Å². The van der Waals surface area contributed by atoms with Crippen LogP contribution >= 0.6 is 0 Å². The number of rotatable bonds is 4. The van der Waals surface area contributed by atoms with Gasteiger partial charge in [0.05, 0.1) is 5.69 Å². The number of hydrogen-bond acceptors (Lipinski definition) is 6. The van der Waals surface area contributed by atoms with Crippen LogP contribution in [0.2, 0.25) is 0 Å². The van der Waals surface area contributed by atoms with E-state index >= 15 is 0 Å². The van der Waals surface area contributed by atoms with Crippen molar-refractivity contribution in [1.82, 2.24) is 20.1 Å². The largest absolute Gasteiger partial charge is 0.361 e. The smallest absolute Gasteiger partial charge is 0.254 e. The zero-order chi connectivity index (χ0) is 18.1. The number of aromatic amines is 1. The van der Waals surface area contributed by atoms with Gasteiger partial charge in [-0.15, -0.1) is 0 Å². The second-order valence-corrected chi connectivity index (χ2v) is 6.19. The molecule has 0 aromatic carbocycles. The Morgan fingerprint density at radius 2 is 1.92 bits per heavy atom. The molecule has 0 aliphatic rings. The van der Waals surface area contributed by atoms with Crippen molar-refractivity contribution in [1.29, 1.82) is 0 Å². The molecule has 130 valence electrons. The Balaban J connectivity index is 1.84. The molecule has 3 rings (SSSR count). The summed E-state index contributed by atoms with van der Waals surface area (Å²) in [6.45, 7) is 8.08. The summed E-state index contributed by atoms with van der Waals surface area (Å²) in [6.07, 6.45) is 1.71. The number of aromatic nitrogens is 4. The topological polar surface area (TPSA) is 87.9 Å². The van der Waals surface area contributed by atoms with Crippen LogP contribution in [0.25, 0.3) is 11.4 Å². The van der Waals surface area contributed by atoms with Gasteiger partial charge in [-0.05, 0) is 39.8 Å². The minimum absolute atomic E-state index is 0.123. The fourth-order valence-corrected chi connectivity index (χ4v) is 2.58. The molecular weight excluding hydrogens is 318 g/mol. The SMILES string of the molecule is Cc1noc(C)c1CN(C)c1ccc(-c2nc(C)c(C)c(=O)[nH]2)cn1. The van der Waals surface area contributed by atoms with E-state index in [4.69, 9.17) is 4.52 Å². The first kappa shape index (κ1) is 16.9. The first-order valence-corrected chi connectivity index (χ1v) is 8.03. The van der Waals surface area contributed by atoms with E-state index in [1.165, 1.54) is 0 Å². The predicted octanol–water partition coefficient (Wildman–Crippen LogP) is 2.69. The lowest BCUT2D eigenvalue weighted by Crippen LogP contribution is -2.18. The molecule has 0 radical (unpaired) electrons. The van der Waals surface area contributed by atoms with Gasteiger partial charge in [-0.25, -0.2) is 9.97 Å². The molecule has 0 spiro atoms. The molecule has 7 nitrogen and oxygen atoms in total. The minimum Gasteiger partial charge on any atom is -0.361 e. The van der Waals surface area contributed by atoms with Crippen LogP contribution in [-0.2, 0) is 6.54 Å². The maximum Gasteiger partial charge on any atom is 0.254 e. The highest BCUT2D eigenvalue weighted by molar-refractivity contribution is 5.56. The second-order valence-electron chi connectivity index (χ2n) is 6.19. The van der Waals surface area contributed by atoms with E-state index in [1.807, 2.05) is 44.9 Å². The summed E-state index contributed by atoms with van der Waals surface area (Å²) in [5, 5.41) is 3.98. The number of anilines is 1. The van der Waals surface area contributed by atoms with Gasteiger partial charge < -0.3 is 14.4 Å². The van der Waals surface area contributed by atoms with Crippen LogP contribution in [-0.4, -0.2) is 27.2 Å². The van der Waals surface area contributed by atoms with Crippen LogP contribution < -0.4 is 10.5 Å². The maximum atomic E-state index is 11.9. The Labute approximate surface area is 145 Å².